The van der Waals surface area contributed by atoms with Crippen molar-refractivity contribution in [3.63, 3.8) is 0 Å². The summed E-state index contributed by atoms with van der Waals surface area (Å²) < 4.78 is 10.4. The molecule has 14 aromatic rings. The van der Waals surface area contributed by atoms with Gasteiger partial charge in [0, 0.05) is 90.4 Å². The molecule has 7 nitrogen and oxygen atoms in total. The maximum atomic E-state index is 7.90. The second-order valence-corrected chi connectivity index (χ2v) is 23.2. The monoisotopic (exact) mass is 1110 g/mol. The number of aromatic nitrogens is 1. The lowest BCUT2D eigenvalue weighted by molar-refractivity contribution is 0.490. The maximum Gasteiger partial charge on any atom is 0.256 e. The van der Waals surface area contributed by atoms with Crippen LogP contribution in [0.4, 0.5) is 85.3 Å². The summed E-state index contributed by atoms with van der Waals surface area (Å²) in [5.74, 6) is 1.66. The van der Waals surface area contributed by atoms with Crippen molar-refractivity contribution in [2.45, 2.75) is 0 Å². The molecule has 0 fully saturated rings. The molecule has 0 atom stereocenters. The highest BCUT2D eigenvalue weighted by atomic mass is 16.5. The summed E-state index contributed by atoms with van der Waals surface area (Å²) >= 11 is 0. The number of hydrogen-bond acceptors (Lipinski definition) is 6. The number of hydrogen-bond donors (Lipinski definition) is 0. The summed E-state index contributed by atoms with van der Waals surface area (Å²) in [6.45, 7) is -0.503. The van der Waals surface area contributed by atoms with Crippen LogP contribution in [0.1, 0.15) is 0 Å². The van der Waals surface area contributed by atoms with Crippen LogP contribution < -0.4 is 62.0 Å². The zero-order valence-electron chi connectivity index (χ0n) is 47.1. The average molecular weight is 1110 g/mol. The number of benzene rings is 13. The fourth-order valence-corrected chi connectivity index (χ4v) is 15.3. The van der Waals surface area contributed by atoms with E-state index in [1.165, 1.54) is 32.6 Å². The van der Waals surface area contributed by atoms with Crippen LogP contribution in [0.3, 0.4) is 0 Å². The van der Waals surface area contributed by atoms with Gasteiger partial charge in [0.15, 0.2) is 0 Å². The molecule has 0 saturated carbocycles. The highest BCUT2D eigenvalue weighted by Gasteiger charge is 2.51. The fourth-order valence-electron chi connectivity index (χ4n) is 15.3. The van der Waals surface area contributed by atoms with Crippen molar-refractivity contribution >= 4 is 153 Å². The minimum Gasteiger partial charge on any atom is -0.458 e. The molecule has 87 heavy (non-hydrogen) atoms. The normalized spacial score (nSPS) is 13.5. The number of anilines is 15. The minimum atomic E-state index is -0.254. The molecule has 0 spiro atoms. The van der Waals surface area contributed by atoms with Gasteiger partial charge in [-0.15, -0.1) is 0 Å². The molecule has 5 aliphatic heterocycles. The summed E-state index contributed by atoms with van der Waals surface area (Å²) in [5.41, 5.74) is 26.8. The molecule has 0 N–H and O–H groups in total. The molecule has 0 saturated heterocycles. The van der Waals surface area contributed by atoms with E-state index in [0.717, 1.165) is 124 Å². The molecule has 5 aliphatic rings. The highest BCUT2D eigenvalue weighted by molar-refractivity contribution is 7.04. The van der Waals surface area contributed by atoms with Crippen LogP contribution in [0, 0.1) is 0 Å². The molecule has 0 unspecified atom stereocenters. The minimum absolute atomic E-state index is 0.249. The Morgan fingerprint density at radius 3 is 1.02 bits per heavy atom. The van der Waals surface area contributed by atoms with Gasteiger partial charge in [-0.3, -0.25) is 0 Å². The van der Waals surface area contributed by atoms with E-state index < -0.39 is 0 Å². The van der Waals surface area contributed by atoms with Gasteiger partial charge in [0.25, 0.3) is 13.4 Å². The van der Waals surface area contributed by atoms with Gasteiger partial charge in [0.2, 0.25) is 0 Å². The molecule has 19 rings (SSSR count). The van der Waals surface area contributed by atoms with Crippen molar-refractivity contribution < 1.29 is 4.74 Å². The molecule has 1 aromatic heterocycles. The van der Waals surface area contributed by atoms with E-state index >= 15 is 0 Å². The van der Waals surface area contributed by atoms with Crippen molar-refractivity contribution in [1.82, 2.24) is 4.57 Å². The lowest BCUT2D eigenvalue weighted by atomic mass is 9.29. The number of rotatable bonds is 8. The Bertz CT molecular complexity index is 5030. The summed E-state index contributed by atoms with van der Waals surface area (Å²) in [6.07, 6.45) is 0. The quantitative estimate of drug-likeness (QED) is 0.141. The number of nitrogens with zero attached hydrogens (tertiary/aromatic N) is 6. The van der Waals surface area contributed by atoms with Gasteiger partial charge in [-0.05, 0) is 172 Å². The van der Waals surface area contributed by atoms with Crippen molar-refractivity contribution in [3.8, 4) is 17.2 Å². The van der Waals surface area contributed by atoms with Gasteiger partial charge < -0.3 is 33.8 Å². The first-order chi connectivity index (χ1) is 43.2. The average Bonchev–Trinajstić information content (AvgIpc) is 1.04. The highest BCUT2D eigenvalue weighted by Crippen LogP contribution is 2.53. The van der Waals surface area contributed by atoms with E-state index in [1.807, 2.05) is 0 Å². The molecule has 13 aromatic carbocycles. The lowest BCUT2D eigenvalue weighted by Gasteiger charge is -2.48. The molecule has 0 aliphatic carbocycles. The van der Waals surface area contributed by atoms with Gasteiger partial charge >= 0.3 is 0 Å². The largest absolute Gasteiger partial charge is 0.458 e. The van der Waals surface area contributed by atoms with E-state index in [9.17, 15) is 0 Å². The second-order valence-electron chi connectivity index (χ2n) is 23.2. The molecule has 6 heterocycles. The maximum absolute atomic E-state index is 7.90. The first-order valence-electron chi connectivity index (χ1n) is 30.0. The third-order valence-corrected chi connectivity index (χ3v) is 18.6. The smallest absolute Gasteiger partial charge is 0.256 e. The van der Waals surface area contributed by atoms with Crippen LogP contribution in [-0.4, -0.2) is 18.0 Å². The zero-order valence-corrected chi connectivity index (χ0v) is 47.1. The van der Waals surface area contributed by atoms with E-state index in [1.54, 1.807) is 0 Å². The zero-order chi connectivity index (χ0) is 56.8. The SMILES string of the molecule is c1ccc(N(c2ccccc2)c2cc3c4c(c2)N(c2ccccc2)c2cccc5c2B4c2cc4c(cc2N3c2ccccc2)N(c2ccccc2)c2cc(-n3c6ccccc6c6ccccc63)cc3c2B4c2c(cccc2N3c2ccccc2)O5)cc1. The number of para-hydroxylation sites is 8. The lowest BCUT2D eigenvalue weighted by Crippen LogP contribution is -2.66. The van der Waals surface area contributed by atoms with Crippen LogP contribution in [-0.2, 0) is 0 Å². The molecule has 0 radical (unpaired) electrons. The number of fused-ring (bicyclic) bond motifs is 3. The standard InChI is InChI=1S/C78H50B2N6O/c1-7-25-51(26-8-1)81(52-27-9-2-10-28-52)57-45-69-75-71(46-57)84(55-33-15-5-16-34-55)67-50-68-62-49-61(67)79(75)77-65(82(69)53-29-11-3-12-30-53)41-23-43-73(77)87-74-44-24-42-66-78(74)80(62)76-70(83(66)54-31-13-4-14-32-54)47-58(48-72(76)85(68)56-35-17-6-18-36-56)86-63-39-21-19-37-59(63)60-38-20-22-40-64(60)86/h1-50H. The summed E-state index contributed by atoms with van der Waals surface area (Å²) in [7, 11) is 0. The van der Waals surface area contributed by atoms with E-state index in [2.05, 4.69) is 332 Å². The van der Waals surface area contributed by atoms with E-state index in [4.69, 9.17) is 4.74 Å². The molecule has 0 amide bonds. The van der Waals surface area contributed by atoms with Gasteiger partial charge in [0.05, 0.1) is 22.4 Å². The van der Waals surface area contributed by atoms with Crippen molar-refractivity contribution in [2.75, 3.05) is 24.5 Å². The van der Waals surface area contributed by atoms with Gasteiger partial charge in [-0.2, -0.15) is 0 Å². The Balaban J connectivity index is 0.974. The first-order valence-corrected chi connectivity index (χ1v) is 30.0. The van der Waals surface area contributed by atoms with Crippen LogP contribution in [0.2, 0.25) is 0 Å². The van der Waals surface area contributed by atoms with Crippen LogP contribution in [0.5, 0.6) is 11.5 Å². The predicted octanol–water partition coefficient (Wildman–Crippen LogP) is 16.5. The van der Waals surface area contributed by atoms with Gasteiger partial charge in [0.1, 0.15) is 11.5 Å². The molecular formula is C78H50B2N6O. The predicted molar refractivity (Wildman–Crippen MR) is 364 cm³/mol. The topological polar surface area (TPSA) is 30.4 Å². The molecule has 404 valence electrons. The van der Waals surface area contributed by atoms with Crippen molar-refractivity contribution in [2.24, 2.45) is 0 Å². The van der Waals surface area contributed by atoms with Crippen LogP contribution in [0.15, 0.2) is 303 Å². The van der Waals surface area contributed by atoms with Crippen LogP contribution in [0.25, 0.3) is 27.5 Å². The second kappa shape index (κ2) is 18.5. The van der Waals surface area contributed by atoms with E-state index in [0.29, 0.717) is 0 Å². The molecule has 9 heteroatoms. The van der Waals surface area contributed by atoms with Crippen molar-refractivity contribution in [1.29, 1.82) is 0 Å². The van der Waals surface area contributed by atoms with E-state index in [-0.39, 0.29) is 13.4 Å². The molecule has 2 bridgehead atoms. The Kier molecular flexibility index (Phi) is 10.2. The summed E-state index contributed by atoms with van der Waals surface area (Å²) in [5, 5.41) is 2.44. The third kappa shape index (κ3) is 6.90. The Labute approximate surface area is 504 Å². The Morgan fingerprint density at radius 1 is 0.253 bits per heavy atom. The summed E-state index contributed by atoms with van der Waals surface area (Å²) in [4.78, 5) is 12.5. The Hall–Kier alpha value is -11.4. The van der Waals surface area contributed by atoms with Crippen molar-refractivity contribution in [3.05, 3.63) is 303 Å². The fraction of sp³-hybridized carbons (Fsp3) is 0. The van der Waals surface area contributed by atoms with Gasteiger partial charge in [-0.25, -0.2) is 0 Å². The first kappa shape index (κ1) is 48.0. The summed E-state index contributed by atoms with van der Waals surface area (Å²) in [6, 6.07) is 112. The van der Waals surface area contributed by atoms with Crippen LogP contribution >= 0.6 is 0 Å². The van der Waals surface area contributed by atoms with Gasteiger partial charge in [-0.1, -0.05) is 164 Å². The third-order valence-electron chi connectivity index (χ3n) is 18.6. The number of ether oxygens (including phenoxy) is 1. The Morgan fingerprint density at radius 2 is 0.609 bits per heavy atom. The molecular weight excluding hydrogens is 1060 g/mol.